The van der Waals surface area contributed by atoms with E-state index < -0.39 is 25.2 Å². The second kappa shape index (κ2) is 5.36. The molecular formula is C9H14F2O3. The molecule has 0 N–H and O–H groups in total. The van der Waals surface area contributed by atoms with E-state index in [1.807, 2.05) is 6.92 Å². The number of rotatable bonds is 6. The van der Waals surface area contributed by atoms with E-state index in [4.69, 9.17) is 9.47 Å². The Morgan fingerprint density at radius 3 is 2.71 bits per heavy atom. The van der Waals surface area contributed by atoms with Crippen molar-refractivity contribution in [1.82, 2.24) is 0 Å². The van der Waals surface area contributed by atoms with Crippen molar-refractivity contribution in [3.8, 4) is 0 Å². The number of Topliss-reactive ketones (excluding diaryl/α,β-unsaturated/α-hetero) is 1. The molecule has 0 amide bonds. The van der Waals surface area contributed by atoms with Gasteiger partial charge in [0.2, 0.25) is 0 Å². The van der Waals surface area contributed by atoms with Crippen LogP contribution in [0, 0.1) is 0 Å². The zero-order chi connectivity index (χ0) is 10.6. The molecule has 1 aliphatic rings. The molecule has 0 radical (unpaired) electrons. The van der Waals surface area contributed by atoms with Gasteiger partial charge in [-0.15, -0.1) is 0 Å². The molecular weight excluding hydrogens is 194 g/mol. The average molecular weight is 208 g/mol. The van der Waals surface area contributed by atoms with Crippen LogP contribution >= 0.6 is 0 Å². The van der Waals surface area contributed by atoms with Gasteiger partial charge >= 0.3 is 0 Å². The fourth-order valence-corrected chi connectivity index (χ4v) is 1.26. The van der Waals surface area contributed by atoms with Gasteiger partial charge in [-0.1, -0.05) is 6.92 Å². The smallest absolute Gasteiger partial charge is 0.261 e. The summed E-state index contributed by atoms with van der Waals surface area (Å²) in [6, 6.07) is 0. The first-order valence-electron chi connectivity index (χ1n) is 4.69. The third kappa shape index (κ3) is 2.99. The Morgan fingerprint density at radius 2 is 2.21 bits per heavy atom. The van der Waals surface area contributed by atoms with Crippen LogP contribution in [0.25, 0.3) is 0 Å². The SMILES string of the molecule is CCCOC1C(=O)CC1OCC(F)F. The number of carbonyl (C=O) groups is 1. The minimum atomic E-state index is -2.49. The summed E-state index contributed by atoms with van der Waals surface area (Å²) in [6.07, 6.45) is -2.58. The van der Waals surface area contributed by atoms with E-state index in [-0.39, 0.29) is 12.2 Å². The van der Waals surface area contributed by atoms with Crippen molar-refractivity contribution in [2.75, 3.05) is 13.2 Å². The number of alkyl halides is 2. The molecule has 0 aliphatic heterocycles. The zero-order valence-corrected chi connectivity index (χ0v) is 8.04. The number of ether oxygens (including phenoxy) is 2. The van der Waals surface area contributed by atoms with Gasteiger partial charge < -0.3 is 9.47 Å². The van der Waals surface area contributed by atoms with E-state index in [9.17, 15) is 13.6 Å². The highest BCUT2D eigenvalue weighted by Gasteiger charge is 2.41. The first-order chi connectivity index (χ1) is 6.65. The molecule has 0 aromatic heterocycles. The lowest BCUT2D eigenvalue weighted by Crippen LogP contribution is -2.51. The van der Waals surface area contributed by atoms with Crippen LogP contribution in [0.1, 0.15) is 19.8 Å². The maximum Gasteiger partial charge on any atom is 0.261 e. The molecule has 0 bridgehead atoms. The Labute approximate surface area is 81.4 Å². The Balaban J connectivity index is 2.22. The third-order valence-electron chi connectivity index (χ3n) is 2.00. The molecule has 1 aliphatic carbocycles. The predicted octanol–water partition coefficient (Wildman–Crippen LogP) is 1.40. The Morgan fingerprint density at radius 1 is 1.50 bits per heavy atom. The highest BCUT2D eigenvalue weighted by Crippen LogP contribution is 2.23. The molecule has 0 aromatic rings. The van der Waals surface area contributed by atoms with Crippen LogP contribution in [0.4, 0.5) is 8.78 Å². The maximum absolute atomic E-state index is 11.8. The van der Waals surface area contributed by atoms with Crippen LogP contribution < -0.4 is 0 Å². The highest BCUT2D eigenvalue weighted by molar-refractivity contribution is 5.90. The number of halogens is 2. The van der Waals surface area contributed by atoms with Crippen molar-refractivity contribution in [3.63, 3.8) is 0 Å². The van der Waals surface area contributed by atoms with E-state index in [0.717, 1.165) is 6.42 Å². The van der Waals surface area contributed by atoms with Crippen molar-refractivity contribution in [3.05, 3.63) is 0 Å². The van der Waals surface area contributed by atoms with E-state index in [2.05, 4.69) is 0 Å². The van der Waals surface area contributed by atoms with Crippen molar-refractivity contribution in [2.45, 2.75) is 38.4 Å². The van der Waals surface area contributed by atoms with Gasteiger partial charge in [0.25, 0.3) is 6.43 Å². The largest absolute Gasteiger partial charge is 0.369 e. The lowest BCUT2D eigenvalue weighted by atomic mass is 9.90. The summed E-state index contributed by atoms with van der Waals surface area (Å²) >= 11 is 0. The van der Waals surface area contributed by atoms with Gasteiger partial charge in [0.15, 0.2) is 5.78 Å². The van der Waals surface area contributed by atoms with Gasteiger partial charge in [-0.2, -0.15) is 0 Å². The number of ketones is 1. The third-order valence-corrected chi connectivity index (χ3v) is 2.00. The lowest BCUT2D eigenvalue weighted by Gasteiger charge is -2.34. The minimum absolute atomic E-state index is 0.0577. The monoisotopic (exact) mass is 208 g/mol. The number of carbonyl (C=O) groups excluding carboxylic acids is 1. The first-order valence-corrected chi connectivity index (χ1v) is 4.69. The van der Waals surface area contributed by atoms with E-state index in [1.165, 1.54) is 0 Å². The highest BCUT2D eigenvalue weighted by atomic mass is 19.3. The van der Waals surface area contributed by atoms with Crippen molar-refractivity contribution in [2.24, 2.45) is 0 Å². The van der Waals surface area contributed by atoms with E-state index in [0.29, 0.717) is 6.61 Å². The molecule has 0 spiro atoms. The summed E-state index contributed by atoms with van der Waals surface area (Å²) in [4.78, 5) is 11.0. The second-order valence-electron chi connectivity index (χ2n) is 3.22. The van der Waals surface area contributed by atoms with Gasteiger partial charge in [0, 0.05) is 13.0 Å². The molecule has 82 valence electrons. The fraction of sp³-hybridized carbons (Fsp3) is 0.889. The van der Waals surface area contributed by atoms with Crippen LogP contribution in [-0.4, -0.2) is 37.6 Å². The first kappa shape index (κ1) is 11.5. The molecule has 2 unspecified atom stereocenters. The zero-order valence-electron chi connectivity index (χ0n) is 8.04. The van der Waals surface area contributed by atoms with Crippen LogP contribution in [-0.2, 0) is 14.3 Å². The van der Waals surface area contributed by atoms with E-state index in [1.54, 1.807) is 0 Å². The molecule has 0 saturated heterocycles. The Bertz CT molecular complexity index is 196. The maximum atomic E-state index is 11.8. The standard InChI is InChI=1S/C9H14F2O3/c1-2-3-13-9-6(12)4-7(9)14-5-8(10)11/h7-9H,2-5H2,1H3. The minimum Gasteiger partial charge on any atom is -0.369 e. The summed E-state index contributed by atoms with van der Waals surface area (Å²) in [5.41, 5.74) is 0. The topological polar surface area (TPSA) is 35.5 Å². The van der Waals surface area contributed by atoms with Crippen LogP contribution in [0.15, 0.2) is 0 Å². The Hall–Kier alpha value is -0.550. The van der Waals surface area contributed by atoms with Crippen LogP contribution in [0.2, 0.25) is 0 Å². The van der Waals surface area contributed by atoms with Crippen LogP contribution in [0.5, 0.6) is 0 Å². The van der Waals surface area contributed by atoms with Crippen molar-refractivity contribution >= 4 is 5.78 Å². The summed E-state index contributed by atoms with van der Waals surface area (Å²) in [6.45, 7) is 1.76. The number of hydrogen-bond donors (Lipinski definition) is 0. The molecule has 3 nitrogen and oxygen atoms in total. The van der Waals surface area contributed by atoms with Crippen molar-refractivity contribution < 1.29 is 23.0 Å². The van der Waals surface area contributed by atoms with Gasteiger partial charge in [-0.3, -0.25) is 4.79 Å². The van der Waals surface area contributed by atoms with Crippen molar-refractivity contribution in [1.29, 1.82) is 0 Å². The fourth-order valence-electron chi connectivity index (χ4n) is 1.26. The molecule has 1 saturated carbocycles. The van der Waals surface area contributed by atoms with Gasteiger partial charge in [0.1, 0.15) is 12.7 Å². The average Bonchev–Trinajstić information content (AvgIpc) is 2.12. The summed E-state index contributed by atoms with van der Waals surface area (Å²) in [5.74, 6) is -0.0577. The molecule has 14 heavy (non-hydrogen) atoms. The molecule has 1 rings (SSSR count). The quantitative estimate of drug-likeness (QED) is 0.662. The predicted molar refractivity (Wildman–Crippen MR) is 45.4 cm³/mol. The van der Waals surface area contributed by atoms with Crippen LogP contribution in [0.3, 0.4) is 0 Å². The molecule has 1 fully saturated rings. The summed E-state index contributed by atoms with van der Waals surface area (Å²) in [5, 5.41) is 0. The summed E-state index contributed by atoms with van der Waals surface area (Å²) < 4.78 is 33.6. The molecule has 0 aromatic carbocycles. The van der Waals surface area contributed by atoms with Gasteiger partial charge in [-0.25, -0.2) is 8.78 Å². The normalized spacial score (nSPS) is 26.7. The summed E-state index contributed by atoms with van der Waals surface area (Å²) in [7, 11) is 0. The van der Waals surface area contributed by atoms with Gasteiger partial charge in [-0.05, 0) is 6.42 Å². The van der Waals surface area contributed by atoms with E-state index >= 15 is 0 Å². The number of hydrogen-bond acceptors (Lipinski definition) is 3. The molecule has 5 heteroatoms. The molecule has 0 heterocycles. The molecule has 2 atom stereocenters. The lowest BCUT2D eigenvalue weighted by molar-refractivity contribution is -0.170. The van der Waals surface area contributed by atoms with Gasteiger partial charge in [0.05, 0.1) is 6.10 Å². The Kier molecular flexibility index (Phi) is 4.41. The second-order valence-corrected chi connectivity index (χ2v) is 3.22.